The van der Waals surface area contributed by atoms with Gasteiger partial charge in [-0.2, -0.15) is 0 Å². The molecule has 1 atom stereocenters. The zero-order valence-corrected chi connectivity index (χ0v) is 17.4. The lowest BCUT2D eigenvalue weighted by atomic mass is 10.1. The number of aliphatic imine (C=N–C) groups is 1. The first-order valence-electron chi connectivity index (χ1n) is 10.2. The maximum absolute atomic E-state index is 5.38. The van der Waals surface area contributed by atoms with E-state index >= 15 is 0 Å². The van der Waals surface area contributed by atoms with Gasteiger partial charge in [-0.15, -0.1) is 0 Å². The second-order valence-electron chi connectivity index (χ2n) is 6.86. The summed E-state index contributed by atoms with van der Waals surface area (Å²) >= 11 is 0. The number of hydrogen-bond donors (Lipinski definition) is 2. The van der Waals surface area contributed by atoms with Gasteiger partial charge in [0, 0.05) is 19.1 Å². The molecule has 0 amide bonds. The highest BCUT2D eigenvalue weighted by molar-refractivity contribution is 5.79. The van der Waals surface area contributed by atoms with Crippen LogP contribution in [0.4, 0.5) is 0 Å². The Morgan fingerprint density at radius 2 is 2.00 bits per heavy atom. The van der Waals surface area contributed by atoms with Crippen molar-refractivity contribution in [2.75, 3.05) is 46.9 Å². The van der Waals surface area contributed by atoms with Crippen molar-refractivity contribution in [1.82, 2.24) is 15.5 Å². The third kappa shape index (κ3) is 6.61. The maximum atomic E-state index is 5.38. The van der Waals surface area contributed by atoms with Crippen molar-refractivity contribution in [2.45, 2.75) is 45.6 Å². The molecule has 1 aromatic carbocycles. The fraction of sp³-hybridized carbons (Fsp3) is 0.667. The molecule has 0 aromatic heterocycles. The van der Waals surface area contributed by atoms with E-state index in [0.717, 1.165) is 56.5 Å². The van der Waals surface area contributed by atoms with Gasteiger partial charge in [-0.25, -0.2) is 0 Å². The van der Waals surface area contributed by atoms with Crippen molar-refractivity contribution >= 4 is 5.96 Å². The Morgan fingerprint density at radius 1 is 1.19 bits per heavy atom. The van der Waals surface area contributed by atoms with Crippen LogP contribution in [-0.4, -0.2) is 63.8 Å². The number of benzene rings is 1. The van der Waals surface area contributed by atoms with Gasteiger partial charge in [0.15, 0.2) is 17.5 Å². The minimum absolute atomic E-state index is 0.595. The van der Waals surface area contributed by atoms with Gasteiger partial charge in [0.1, 0.15) is 0 Å². The minimum Gasteiger partial charge on any atom is -0.493 e. The second kappa shape index (κ2) is 11.7. The third-order valence-corrected chi connectivity index (χ3v) is 5.09. The zero-order valence-electron chi connectivity index (χ0n) is 17.4. The van der Waals surface area contributed by atoms with Crippen LogP contribution in [0.15, 0.2) is 23.2 Å². The predicted octanol–water partition coefficient (Wildman–Crippen LogP) is 2.68. The summed E-state index contributed by atoms with van der Waals surface area (Å²) < 4.78 is 10.7. The quantitative estimate of drug-likeness (QED) is 0.374. The van der Waals surface area contributed by atoms with Crippen LogP contribution >= 0.6 is 0 Å². The zero-order chi connectivity index (χ0) is 19.5. The lowest BCUT2D eigenvalue weighted by Gasteiger charge is -2.21. The summed E-state index contributed by atoms with van der Waals surface area (Å²) in [5.41, 5.74) is 1.25. The van der Waals surface area contributed by atoms with E-state index in [1.165, 1.54) is 24.9 Å². The number of likely N-dealkylation sites (tertiary alicyclic amines) is 1. The molecule has 0 bridgehead atoms. The van der Waals surface area contributed by atoms with Gasteiger partial charge in [-0.05, 0) is 63.4 Å². The number of nitrogens with zero attached hydrogens (tertiary/aromatic N) is 2. The molecule has 6 heteroatoms. The highest BCUT2D eigenvalue weighted by atomic mass is 16.5. The molecule has 0 aliphatic carbocycles. The van der Waals surface area contributed by atoms with E-state index in [2.05, 4.69) is 41.5 Å². The summed E-state index contributed by atoms with van der Waals surface area (Å²) in [6, 6.07) is 6.71. The number of aryl methyl sites for hydroxylation is 1. The molecule has 6 nitrogen and oxygen atoms in total. The summed E-state index contributed by atoms with van der Waals surface area (Å²) in [5, 5.41) is 6.82. The van der Waals surface area contributed by atoms with Crippen LogP contribution < -0.4 is 20.1 Å². The molecule has 1 unspecified atom stereocenters. The Kier molecular flexibility index (Phi) is 9.25. The van der Waals surface area contributed by atoms with E-state index in [-0.39, 0.29) is 0 Å². The molecule has 1 aromatic rings. The summed E-state index contributed by atoms with van der Waals surface area (Å²) in [7, 11) is 3.33. The molecule has 152 valence electrons. The van der Waals surface area contributed by atoms with Gasteiger partial charge in [0.2, 0.25) is 0 Å². The first kappa shape index (κ1) is 21.4. The van der Waals surface area contributed by atoms with Crippen molar-refractivity contribution in [3.8, 4) is 11.5 Å². The molecule has 0 spiro atoms. The molecule has 2 rings (SSSR count). The van der Waals surface area contributed by atoms with E-state index in [1.807, 2.05) is 6.07 Å². The highest BCUT2D eigenvalue weighted by Crippen LogP contribution is 2.27. The van der Waals surface area contributed by atoms with Crippen LogP contribution in [0.1, 0.15) is 38.7 Å². The molecule has 0 radical (unpaired) electrons. The molecule has 1 fully saturated rings. The average Bonchev–Trinajstić information content (AvgIpc) is 3.16. The van der Waals surface area contributed by atoms with Crippen molar-refractivity contribution in [3.63, 3.8) is 0 Å². The monoisotopic (exact) mass is 376 g/mol. The van der Waals surface area contributed by atoms with Crippen molar-refractivity contribution in [1.29, 1.82) is 0 Å². The second-order valence-corrected chi connectivity index (χ2v) is 6.86. The number of rotatable bonds is 10. The molecule has 1 aliphatic heterocycles. The number of nitrogens with one attached hydrogen (secondary N) is 2. The lowest BCUT2D eigenvalue weighted by molar-refractivity contribution is 0.273. The van der Waals surface area contributed by atoms with Gasteiger partial charge in [0.05, 0.1) is 20.8 Å². The predicted molar refractivity (Wildman–Crippen MR) is 112 cm³/mol. The van der Waals surface area contributed by atoms with E-state index < -0.39 is 0 Å². The van der Waals surface area contributed by atoms with E-state index in [0.29, 0.717) is 6.04 Å². The summed E-state index contributed by atoms with van der Waals surface area (Å²) in [5.74, 6) is 2.48. The Morgan fingerprint density at radius 3 is 2.70 bits per heavy atom. The Balaban J connectivity index is 1.79. The van der Waals surface area contributed by atoms with Crippen molar-refractivity contribution in [3.05, 3.63) is 23.8 Å². The van der Waals surface area contributed by atoms with Crippen LogP contribution in [0.2, 0.25) is 0 Å². The molecule has 1 saturated heterocycles. The van der Waals surface area contributed by atoms with Crippen LogP contribution in [0.3, 0.4) is 0 Å². The van der Waals surface area contributed by atoms with Crippen LogP contribution in [0.25, 0.3) is 0 Å². The largest absolute Gasteiger partial charge is 0.493 e. The molecule has 0 saturated carbocycles. The topological polar surface area (TPSA) is 58.1 Å². The summed E-state index contributed by atoms with van der Waals surface area (Å²) in [6.45, 7) is 9.32. The van der Waals surface area contributed by atoms with Gasteiger partial charge in [-0.3, -0.25) is 9.89 Å². The Bertz CT molecular complexity index is 592. The first-order chi connectivity index (χ1) is 13.2. The van der Waals surface area contributed by atoms with Crippen molar-refractivity contribution in [2.24, 2.45) is 4.99 Å². The fourth-order valence-corrected chi connectivity index (χ4v) is 3.59. The normalized spacial score (nSPS) is 17.8. The number of methoxy groups -OCH3 is 2. The summed E-state index contributed by atoms with van der Waals surface area (Å²) in [6.07, 6.45) is 4.57. The highest BCUT2D eigenvalue weighted by Gasteiger charge is 2.22. The maximum Gasteiger partial charge on any atom is 0.191 e. The standard InChI is InChI=1S/C21H36N4O2/c1-5-22-21(24-16-18-10-8-14-25(18)6-2)23-13-7-9-17-11-12-19(26-3)20(15-17)27-4/h11-12,15,18H,5-10,13-14,16H2,1-4H3,(H2,22,23,24). The van der Waals surface area contributed by atoms with E-state index in [4.69, 9.17) is 14.5 Å². The molecule has 2 N–H and O–H groups in total. The Hall–Kier alpha value is -1.95. The average molecular weight is 377 g/mol. The molecule has 27 heavy (non-hydrogen) atoms. The van der Waals surface area contributed by atoms with Crippen LogP contribution in [0.5, 0.6) is 11.5 Å². The smallest absolute Gasteiger partial charge is 0.191 e. The fourth-order valence-electron chi connectivity index (χ4n) is 3.59. The van der Waals surface area contributed by atoms with Crippen LogP contribution in [-0.2, 0) is 6.42 Å². The van der Waals surface area contributed by atoms with Gasteiger partial charge < -0.3 is 20.1 Å². The number of guanidine groups is 1. The minimum atomic E-state index is 0.595. The summed E-state index contributed by atoms with van der Waals surface area (Å²) in [4.78, 5) is 7.34. The number of likely N-dealkylation sites (N-methyl/N-ethyl adjacent to an activating group) is 1. The van der Waals surface area contributed by atoms with E-state index in [1.54, 1.807) is 14.2 Å². The van der Waals surface area contributed by atoms with Gasteiger partial charge in [-0.1, -0.05) is 13.0 Å². The third-order valence-electron chi connectivity index (χ3n) is 5.09. The lowest BCUT2D eigenvalue weighted by Crippen LogP contribution is -2.39. The molecule has 1 heterocycles. The molecular formula is C21H36N4O2. The van der Waals surface area contributed by atoms with Crippen molar-refractivity contribution < 1.29 is 9.47 Å². The SMILES string of the molecule is CCNC(=NCC1CCCN1CC)NCCCc1ccc(OC)c(OC)c1. The number of ether oxygens (including phenoxy) is 2. The van der Waals surface area contributed by atoms with Crippen LogP contribution in [0, 0.1) is 0 Å². The van der Waals surface area contributed by atoms with E-state index in [9.17, 15) is 0 Å². The van der Waals surface area contributed by atoms with Gasteiger partial charge >= 0.3 is 0 Å². The molecule has 1 aliphatic rings. The first-order valence-corrected chi connectivity index (χ1v) is 10.2. The Labute approximate surface area is 164 Å². The molecular weight excluding hydrogens is 340 g/mol. The van der Waals surface area contributed by atoms with Gasteiger partial charge in [0.25, 0.3) is 0 Å². The number of hydrogen-bond acceptors (Lipinski definition) is 4.